The molecule has 0 aromatic carbocycles. The second-order valence-corrected chi connectivity index (χ2v) is 11.3. The highest BCUT2D eigenvalue weighted by atomic mass is 16.7. The number of fused-ring (bicyclic) bond motifs is 2. The molecule has 2 saturated heterocycles. The summed E-state index contributed by atoms with van der Waals surface area (Å²) in [5.41, 5.74) is -2.26. The smallest absolute Gasteiger partial charge is 0.303 e. The van der Waals surface area contributed by atoms with Gasteiger partial charge in [-0.05, 0) is 42.6 Å². The van der Waals surface area contributed by atoms with E-state index in [-0.39, 0.29) is 17.9 Å². The van der Waals surface area contributed by atoms with Crippen LogP contribution in [-0.4, -0.2) is 64.1 Å². The van der Waals surface area contributed by atoms with Crippen molar-refractivity contribution in [1.29, 1.82) is 0 Å². The van der Waals surface area contributed by atoms with Gasteiger partial charge in [0, 0.05) is 31.1 Å². The van der Waals surface area contributed by atoms with Crippen LogP contribution < -0.4 is 0 Å². The molecule has 4 bridgehead atoms. The molecular weight excluding hydrogens is 416 g/mol. The Labute approximate surface area is 187 Å². The lowest BCUT2D eigenvalue weighted by atomic mass is 9.35. The first-order valence-corrected chi connectivity index (χ1v) is 11.6. The topological polar surface area (TPSA) is 123 Å². The highest BCUT2D eigenvalue weighted by Crippen LogP contribution is 2.78. The van der Waals surface area contributed by atoms with Crippen LogP contribution in [0.5, 0.6) is 0 Å². The summed E-state index contributed by atoms with van der Waals surface area (Å²) in [6, 6.07) is 0. The Morgan fingerprint density at radius 2 is 1.75 bits per heavy atom. The largest absolute Gasteiger partial charge is 0.462 e. The van der Waals surface area contributed by atoms with E-state index in [2.05, 4.69) is 20.4 Å². The van der Waals surface area contributed by atoms with Crippen molar-refractivity contribution in [2.24, 2.45) is 34.0 Å². The number of carbonyl (C=O) groups is 2. The Hall–Kier alpha value is -1.48. The van der Waals surface area contributed by atoms with Crippen LogP contribution in [0.3, 0.4) is 0 Å². The van der Waals surface area contributed by atoms with Gasteiger partial charge in [0.2, 0.25) is 5.79 Å². The Morgan fingerprint density at radius 1 is 1.09 bits per heavy atom. The van der Waals surface area contributed by atoms with Crippen molar-refractivity contribution in [3.8, 4) is 0 Å². The van der Waals surface area contributed by atoms with Gasteiger partial charge in [-0.15, -0.1) is 0 Å². The molecule has 6 rings (SSSR count). The van der Waals surface area contributed by atoms with E-state index in [1.807, 2.05) is 0 Å². The summed E-state index contributed by atoms with van der Waals surface area (Å²) in [5, 5.41) is 35.3. The molecule has 2 spiro atoms. The highest BCUT2D eigenvalue weighted by Gasteiger charge is 2.87. The minimum atomic E-state index is -2.10. The van der Waals surface area contributed by atoms with E-state index in [0.717, 1.165) is 0 Å². The van der Waals surface area contributed by atoms with Gasteiger partial charge in [0.05, 0.1) is 24.2 Å². The fourth-order valence-corrected chi connectivity index (χ4v) is 8.78. The van der Waals surface area contributed by atoms with E-state index in [9.17, 15) is 24.9 Å². The normalized spacial score (nSPS) is 52.7. The molecular formula is C24H34O8. The van der Waals surface area contributed by atoms with Crippen LogP contribution in [0.1, 0.15) is 53.4 Å². The molecule has 0 amide bonds. The lowest BCUT2D eigenvalue weighted by Crippen LogP contribution is -2.86. The van der Waals surface area contributed by atoms with Gasteiger partial charge in [0.25, 0.3) is 0 Å². The van der Waals surface area contributed by atoms with Crippen molar-refractivity contribution in [3.05, 3.63) is 12.2 Å². The fourth-order valence-electron chi connectivity index (χ4n) is 8.78. The van der Waals surface area contributed by atoms with Crippen LogP contribution >= 0.6 is 0 Å². The molecule has 2 aliphatic heterocycles. The van der Waals surface area contributed by atoms with Crippen LogP contribution in [0.4, 0.5) is 0 Å². The van der Waals surface area contributed by atoms with E-state index in [1.165, 1.54) is 13.8 Å². The number of esters is 2. The van der Waals surface area contributed by atoms with E-state index < -0.39 is 64.8 Å². The van der Waals surface area contributed by atoms with E-state index in [0.29, 0.717) is 31.3 Å². The van der Waals surface area contributed by atoms with Gasteiger partial charge < -0.3 is 29.5 Å². The molecule has 32 heavy (non-hydrogen) atoms. The number of aliphatic hydroxyl groups is 3. The van der Waals surface area contributed by atoms with Crippen LogP contribution in [0.25, 0.3) is 0 Å². The third kappa shape index (κ3) is 2.27. The summed E-state index contributed by atoms with van der Waals surface area (Å²) in [4.78, 5) is 24.4. The quantitative estimate of drug-likeness (QED) is 0.425. The molecule has 8 nitrogen and oxygen atoms in total. The molecule has 0 aromatic heterocycles. The second kappa shape index (κ2) is 6.56. The molecule has 3 N–H and O–H groups in total. The molecule has 178 valence electrons. The average Bonchev–Trinajstić information content (AvgIpc) is 2.80. The number of carbonyl (C=O) groups excluding carboxylic acids is 2. The van der Waals surface area contributed by atoms with Crippen LogP contribution in [0.2, 0.25) is 0 Å². The van der Waals surface area contributed by atoms with Crippen LogP contribution in [-0.2, 0) is 23.8 Å². The Bertz CT molecular complexity index is 883. The van der Waals surface area contributed by atoms with Crippen molar-refractivity contribution in [3.63, 3.8) is 0 Å². The molecule has 4 aliphatic carbocycles. The lowest BCUT2D eigenvalue weighted by Gasteiger charge is -2.75. The summed E-state index contributed by atoms with van der Waals surface area (Å²) in [6.45, 7) is 10.9. The molecule has 6 fully saturated rings. The third-order valence-corrected chi connectivity index (χ3v) is 9.67. The van der Waals surface area contributed by atoms with Crippen molar-refractivity contribution < 1.29 is 39.1 Å². The summed E-state index contributed by atoms with van der Waals surface area (Å²) in [6.07, 6.45) is -1.53. The number of ether oxygens (including phenoxy) is 3. The first-order chi connectivity index (χ1) is 14.9. The zero-order valence-corrected chi connectivity index (χ0v) is 19.2. The minimum Gasteiger partial charge on any atom is -0.462 e. The zero-order valence-electron chi connectivity index (χ0n) is 19.2. The van der Waals surface area contributed by atoms with Gasteiger partial charge in [0.1, 0.15) is 6.10 Å². The van der Waals surface area contributed by atoms with Crippen LogP contribution in [0, 0.1) is 34.0 Å². The summed E-state index contributed by atoms with van der Waals surface area (Å²) in [5.74, 6) is -4.28. The van der Waals surface area contributed by atoms with E-state index >= 15 is 0 Å². The SMILES string of the molecule is C=C1C(O)C23[C@H](O)[C@H]1CC[C@H]2[C@@]12CO[C@@]3(O)[C@@H](OC(C)=O)[C@@H]1C(C)(C)CC[C@@H]2OC(C)=O. The first-order valence-electron chi connectivity index (χ1n) is 11.6. The molecule has 6 aliphatic rings. The Kier molecular flexibility index (Phi) is 4.57. The van der Waals surface area contributed by atoms with Gasteiger partial charge >= 0.3 is 11.9 Å². The molecule has 2 heterocycles. The monoisotopic (exact) mass is 450 g/mol. The maximum Gasteiger partial charge on any atom is 0.303 e. The molecule has 2 unspecified atom stereocenters. The van der Waals surface area contributed by atoms with Gasteiger partial charge in [-0.3, -0.25) is 9.59 Å². The molecule has 0 aromatic rings. The van der Waals surface area contributed by atoms with Crippen LogP contribution in [0.15, 0.2) is 12.2 Å². The fraction of sp³-hybridized carbons (Fsp3) is 0.833. The van der Waals surface area contributed by atoms with Crippen molar-refractivity contribution in [2.45, 2.75) is 83.6 Å². The Balaban J connectivity index is 1.80. The summed E-state index contributed by atoms with van der Waals surface area (Å²) in [7, 11) is 0. The zero-order chi connectivity index (χ0) is 23.4. The minimum absolute atomic E-state index is 0.0936. The van der Waals surface area contributed by atoms with Crippen molar-refractivity contribution in [1.82, 2.24) is 0 Å². The maximum atomic E-state index is 12.2. The van der Waals surface area contributed by atoms with Crippen molar-refractivity contribution >= 4 is 11.9 Å². The molecule has 0 radical (unpaired) electrons. The summed E-state index contributed by atoms with van der Waals surface area (Å²) >= 11 is 0. The molecule has 4 saturated carbocycles. The van der Waals surface area contributed by atoms with E-state index in [4.69, 9.17) is 14.2 Å². The number of hydrogen-bond donors (Lipinski definition) is 3. The predicted molar refractivity (Wildman–Crippen MR) is 111 cm³/mol. The van der Waals surface area contributed by atoms with Crippen molar-refractivity contribution in [2.75, 3.05) is 6.61 Å². The molecule has 10 atom stereocenters. The second-order valence-electron chi connectivity index (χ2n) is 11.3. The average molecular weight is 451 g/mol. The molecule has 8 heteroatoms. The number of rotatable bonds is 2. The lowest BCUT2D eigenvalue weighted by molar-refractivity contribution is -0.476. The van der Waals surface area contributed by atoms with Gasteiger partial charge in [-0.1, -0.05) is 20.4 Å². The number of aliphatic hydroxyl groups excluding tert-OH is 2. The first kappa shape index (κ1) is 22.3. The summed E-state index contributed by atoms with van der Waals surface area (Å²) < 4.78 is 17.8. The predicted octanol–water partition coefficient (Wildman–Crippen LogP) is 1.31. The van der Waals surface area contributed by atoms with Gasteiger partial charge in [0.15, 0.2) is 6.10 Å². The number of hydrogen-bond acceptors (Lipinski definition) is 8. The standard InChI is InChI=1S/C24H34O8/c1-11-14-6-7-15-22-10-30-24(29,23(15,18(11)27)19(14)28)20(32-13(3)26)17(22)21(4,5)9-8-16(22)31-12(2)25/h14-20,27-29H,1,6-10H2,2-5H3/t14-,15-,16-,17+,18?,19+,20-,22+,23?,24-/m0/s1. The van der Waals surface area contributed by atoms with Gasteiger partial charge in [-0.25, -0.2) is 0 Å². The Morgan fingerprint density at radius 3 is 2.38 bits per heavy atom. The highest BCUT2D eigenvalue weighted by molar-refractivity contribution is 5.67. The maximum absolute atomic E-state index is 12.2. The van der Waals surface area contributed by atoms with E-state index in [1.54, 1.807) is 0 Å². The third-order valence-electron chi connectivity index (χ3n) is 9.67. The van der Waals surface area contributed by atoms with Gasteiger partial charge in [-0.2, -0.15) is 0 Å².